The van der Waals surface area contributed by atoms with Crippen LogP contribution in [0.5, 0.6) is 0 Å². The molecule has 0 aliphatic carbocycles. The van der Waals surface area contributed by atoms with Crippen molar-refractivity contribution in [3.8, 4) is 12.5 Å². The number of sulfonamides is 1. The first-order valence-corrected chi connectivity index (χ1v) is 9.27. The lowest BCUT2D eigenvalue weighted by molar-refractivity contribution is 0.105. The molecule has 1 unspecified atom stereocenters. The number of anilines is 1. The average molecular weight is 374 g/mol. The van der Waals surface area contributed by atoms with Gasteiger partial charge in [-0.2, -0.15) is 0 Å². The van der Waals surface area contributed by atoms with Crippen molar-refractivity contribution in [2.24, 2.45) is 0 Å². The second-order valence-electron chi connectivity index (χ2n) is 5.54. The van der Waals surface area contributed by atoms with Crippen molar-refractivity contribution in [1.29, 1.82) is 0 Å². The van der Waals surface area contributed by atoms with E-state index in [0.29, 0.717) is 25.2 Å². The summed E-state index contributed by atoms with van der Waals surface area (Å²) in [5, 5.41) is 21.1. The third kappa shape index (κ3) is 4.75. The fourth-order valence-electron chi connectivity index (χ4n) is 2.38. The Kier molecular flexibility index (Phi) is 6.32. The number of nitrogens with one attached hydrogen (secondary N) is 2. The number of aliphatic hydroxyl groups is 2. The molecule has 0 spiro atoms. The van der Waals surface area contributed by atoms with Gasteiger partial charge < -0.3 is 20.4 Å². The minimum atomic E-state index is -3.80. The monoisotopic (exact) mass is 373 g/mol. The fourth-order valence-corrected chi connectivity index (χ4v) is 4.16. The molecule has 1 fully saturated rings. The van der Waals surface area contributed by atoms with Crippen LogP contribution in [0.1, 0.15) is 6.42 Å². The lowest BCUT2D eigenvalue weighted by Gasteiger charge is -2.16. The Morgan fingerprint density at radius 3 is 2.88 bits per heavy atom. The van der Waals surface area contributed by atoms with Crippen LogP contribution in [0.4, 0.5) is 5.69 Å². The van der Waals surface area contributed by atoms with E-state index in [1.165, 1.54) is 12.1 Å². The van der Waals surface area contributed by atoms with E-state index < -0.39 is 16.1 Å². The highest BCUT2D eigenvalue weighted by Gasteiger charge is 2.27. The van der Waals surface area contributed by atoms with Crippen LogP contribution in [0.2, 0.25) is 5.02 Å². The molecule has 0 aromatic heterocycles. The summed E-state index contributed by atoms with van der Waals surface area (Å²) in [6, 6.07) is 6.68. The lowest BCUT2D eigenvalue weighted by Crippen LogP contribution is -2.36. The van der Waals surface area contributed by atoms with Crippen molar-refractivity contribution < 1.29 is 18.6 Å². The van der Waals surface area contributed by atoms with Crippen LogP contribution in [0.25, 0.3) is 0 Å². The first-order chi connectivity index (χ1) is 11.4. The Bertz CT molecular complexity index is 720. The van der Waals surface area contributed by atoms with Crippen molar-refractivity contribution in [3.05, 3.63) is 23.2 Å². The van der Waals surface area contributed by atoms with Gasteiger partial charge in [-0.1, -0.05) is 18.0 Å². The van der Waals surface area contributed by atoms with Crippen molar-refractivity contribution in [1.82, 2.24) is 9.62 Å². The standard InChI is InChI=1S/C15H20ClN3O4S/c1-2-19-6-5-12(9-19)18-24(22,23)15-7-11(3-4-14(15)16)17-8-13(21)10-20/h1,3-4,7,12-13,17-18,20-21H,5-6,8-10H2/t12-,13?/m1/s1. The van der Waals surface area contributed by atoms with Crippen molar-refractivity contribution >= 4 is 27.3 Å². The number of benzene rings is 1. The zero-order valence-electron chi connectivity index (χ0n) is 12.9. The summed E-state index contributed by atoms with van der Waals surface area (Å²) in [5.74, 6) is 0. The Labute approximate surface area is 146 Å². The quantitative estimate of drug-likeness (QED) is 0.504. The summed E-state index contributed by atoms with van der Waals surface area (Å²) < 4.78 is 27.7. The van der Waals surface area contributed by atoms with E-state index >= 15 is 0 Å². The van der Waals surface area contributed by atoms with Gasteiger partial charge in [0.1, 0.15) is 4.90 Å². The largest absolute Gasteiger partial charge is 0.394 e. The molecule has 24 heavy (non-hydrogen) atoms. The van der Waals surface area contributed by atoms with Gasteiger partial charge in [-0.15, -0.1) is 0 Å². The predicted octanol–water partition coefficient (Wildman–Crippen LogP) is 0.0484. The molecule has 1 heterocycles. The van der Waals surface area contributed by atoms with E-state index in [1.54, 1.807) is 11.0 Å². The summed E-state index contributed by atoms with van der Waals surface area (Å²) in [4.78, 5) is 1.66. The van der Waals surface area contributed by atoms with Crippen LogP contribution in [-0.2, 0) is 10.0 Å². The highest BCUT2D eigenvalue weighted by molar-refractivity contribution is 7.89. The molecule has 1 aliphatic heterocycles. The molecule has 2 rings (SSSR count). The molecule has 1 aromatic carbocycles. The third-order valence-electron chi connectivity index (χ3n) is 3.67. The molecule has 1 aliphatic rings. The van der Waals surface area contributed by atoms with Crippen molar-refractivity contribution in [3.63, 3.8) is 0 Å². The SMILES string of the molecule is C#CN1CC[C@@H](NS(=O)(=O)c2cc(NCC(O)CO)ccc2Cl)C1. The molecule has 1 aromatic rings. The molecule has 2 atom stereocenters. The smallest absolute Gasteiger partial charge is 0.242 e. The van der Waals surface area contributed by atoms with Gasteiger partial charge in [0.15, 0.2) is 0 Å². The maximum absolute atomic E-state index is 12.6. The van der Waals surface area contributed by atoms with Crippen LogP contribution in [0, 0.1) is 12.5 Å². The summed E-state index contributed by atoms with van der Waals surface area (Å²) in [7, 11) is -3.80. The number of rotatable bonds is 7. The molecular formula is C15H20ClN3O4S. The molecule has 0 amide bonds. The van der Waals surface area contributed by atoms with Gasteiger partial charge in [0.05, 0.1) is 17.7 Å². The van der Waals surface area contributed by atoms with E-state index in [1.807, 2.05) is 0 Å². The van der Waals surface area contributed by atoms with Gasteiger partial charge in [0.2, 0.25) is 10.0 Å². The van der Waals surface area contributed by atoms with E-state index in [0.717, 1.165) is 0 Å². The molecule has 1 saturated heterocycles. The summed E-state index contributed by atoms with van der Waals surface area (Å²) in [6.45, 7) is 0.789. The molecule has 0 saturated carbocycles. The summed E-state index contributed by atoms with van der Waals surface area (Å²) >= 11 is 6.03. The van der Waals surface area contributed by atoms with Gasteiger partial charge >= 0.3 is 0 Å². The minimum Gasteiger partial charge on any atom is -0.394 e. The molecule has 4 N–H and O–H groups in total. The Hall–Kier alpha value is -1.50. The van der Waals surface area contributed by atoms with Crippen molar-refractivity contribution in [2.75, 3.05) is 31.6 Å². The maximum Gasteiger partial charge on any atom is 0.242 e. The minimum absolute atomic E-state index is 0.0492. The molecule has 132 valence electrons. The van der Waals surface area contributed by atoms with Crippen LogP contribution in [0.15, 0.2) is 23.1 Å². The number of likely N-dealkylation sites (tertiary alicyclic amines) is 1. The molecular weight excluding hydrogens is 354 g/mol. The maximum atomic E-state index is 12.6. The second kappa shape index (κ2) is 8.05. The number of nitrogens with zero attached hydrogens (tertiary/aromatic N) is 1. The first-order valence-electron chi connectivity index (χ1n) is 7.41. The Balaban J connectivity index is 2.12. The predicted molar refractivity (Wildman–Crippen MR) is 92.2 cm³/mol. The Morgan fingerprint density at radius 2 is 2.25 bits per heavy atom. The lowest BCUT2D eigenvalue weighted by atomic mass is 10.3. The van der Waals surface area contributed by atoms with Gasteiger partial charge in [-0.25, -0.2) is 13.1 Å². The number of terminal acetylenes is 1. The van der Waals surface area contributed by atoms with Gasteiger partial charge in [0, 0.05) is 37.4 Å². The first kappa shape index (κ1) is 18.8. The second-order valence-corrected chi connectivity index (χ2v) is 7.63. The van der Waals surface area contributed by atoms with Gasteiger partial charge in [0.25, 0.3) is 0 Å². The normalized spacial score (nSPS) is 19.1. The summed E-state index contributed by atoms with van der Waals surface area (Å²) in [6.07, 6.45) is 5.00. The number of aliphatic hydroxyl groups excluding tert-OH is 2. The van der Waals surface area contributed by atoms with Crippen LogP contribution < -0.4 is 10.0 Å². The molecule has 7 nitrogen and oxygen atoms in total. The summed E-state index contributed by atoms with van der Waals surface area (Å²) in [5.41, 5.74) is 0.476. The van der Waals surface area contributed by atoms with Crippen LogP contribution in [0.3, 0.4) is 0 Å². The molecule has 9 heteroatoms. The fraction of sp³-hybridized carbons (Fsp3) is 0.467. The van der Waals surface area contributed by atoms with E-state index in [2.05, 4.69) is 16.1 Å². The van der Waals surface area contributed by atoms with Crippen molar-refractivity contribution in [2.45, 2.75) is 23.5 Å². The van der Waals surface area contributed by atoms with E-state index in [-0.39, 0.29) is 29.1 Å². The van der Waals surface area contributed by atoms with E-state index in [4.69, 9.17) is 23.1 Å². The molecule has 0 bridgehead atoms. The topological polar surface area (TPSA) is 102 Å². The van der Waals surface area contributed by atoms with E-state index in [9.17, 15) is 13.5 Å². The van der Waals surface area contributed by atoms with Gasteiger partial charge in [-0.05, 0) is 24.6 Å². The highest BCUT2D eigenvalue weighted by Crippen LogP contribution is 2.26. The van der Waals surface area contributed by atoms with Gasteiger partial charge in [-0.3, -0.25) is 0 Å². The number of halogens is 1. The highest BCUT2D eigenvalue weighted by atomic mass is 35.5. The van der Waals surface area contributed by atoms with Crippen LogP contribution in [-0.4, -0.2) is 61.9 Å². The zero-order valence-corrected chi connectivity index (χ0v) is 14.5. The number of hydrogen-bond acceptors (Lipinski definition) is 6. The third-order valence-corrected chi connectivity index (χ3v) is 5.67. The van der Waals surface area contributed by atoms with Crippen LogP contribution >= 0.6 is 11.6 Å². The average Bonchev–Trinajstić information content (AvgIpc) is 3.00. The zero-order chi connectivity index (χ0) is 17.7. The Morgan fingerprint density at radius 1 is 1.50 bits per heavy atom. The number of hydrogen-bond donors (Lipinski definition) is 4. The molecule has 0 radical (unpaired) electrons.